The van der Waals surface area contributed by atoms with Gasteiger partial charge < -0.3 is 3.07 Å². The van der Waals surface area contributed by atoms with E-state index in [9.17, 15) is 0 Å². The first-order chi connectivity index (χ1) is 5.54. The Hall–Kier alpha value is -0.250. The van der Waals surface area contributed by atoms with Crippen LogP contribution in [0.1, 0.15) is 26.3 Å². The predicted octanol–water partition coefficient (Wildman–Crippen LogP) is 3.71. The van der Waals surface area contributed by atoms with Crippen molar-refractivity contribution in [2.75, 3.05) is 0 Å². The molecule has 1 nitrogen and oxygen atoms in total. The molecule has 0 unspecified atom stereocenters. The van der Waals surface area contributed by atoms with Crippen LogP contribution in [-0.4, -0.2) is 0 Å². The molecule has 0 aliphatic carbocycles. The Kier molecular flexibility index (Phi) is 2.99. The Balaban J connectivity index is 3.02. The lowest BCUT2D eigenvalue weighted by atomic mass is 9.87. The van der Waals surface area contributed by atoms with Gasteiger partial charge in [0.25, 0.3) is 0 Å². The largest absolute Gasteiger partial charge is 0.428 e. The fourth-order valence-corrected chi connectivity index (χ4v) is 1.28. The van der Waals surface area contributed by atoms with Crippen molar-refractivity contribution in [2.24, 2.45) is 0 Å². The van der Waals surface area contributed by atoms with Crippen LogP contribution in [0, 0.1) is 0 Å². The second kappa shape index (κ2) is 3.64. The van der Waals surface area contributed by atoms with Crippen molar-refractivity contribution in [3.8, 4) is 5.75 Å². The minimum absolute atomic E-state index is 0.200. The van der Waals surface area contributed by atoms with E-state index in [0.29, 0.717) is 0 Å². The Bertz CT molecular complexity index is 263. The van der Waals surface area contributed by atoms with Gasteiger partial charge in [0.15, 0.2) is 23.0 Å². The van der Waals surface area contributed by atoms with Gasteiger partial charge in [0, 0.05) is 0 Å². The SMILES string of the molecule is CC(C)(C)c1cccc(OI)c1. The van der Waals surface area contributed by atoms with Gasteiger partial charge in [-0.15, -0.1) is 0 Å². The van der Waals surface area contributed by atoms with Crippen molar-refractivity contribution in [1.82, 2.24) is 0 Å². The molecule has 12 heavy (non-hydrogen) atoms. The summed E-state index contributed by atoms with van der Waals surface area (Å²) >= 11 is 1.90. The molecule has 0 heterocycles. The lowest BCUT2D eigenvalue weighted by Crippen LogP contribution is -2.10. The van der Waals surface area contributed by atoms with Crippen LogP contribution in [0.2, 0.25) is 0 Å². The molecule has 0 saturated heterocycles. The summed E-state index contributed by atoms with van der Waals surface area (Å²) in [7, 11) is 0. The monoisotopic (exact) mass is 276 g/mol. The topological polar surface area (TPSA) is 9.23 Å². The number of benzene rings is 1. The fourth-order valence-electron chi connectivity index (χ4n) is 1.01. The van der Waals surface area contributed by atoms with Crippen LogP contribution in [0.4, 0.5) is 0 Å². The first-order valence-corrected chi connectivity index (χ1v) is 4.81. The molecular formula is C10H13IO. The number of rotatable bonds is 1. The van der Waals surface area contributed by atoms with E-state index in [1.807, 2.05) is 35.1 Å². The van der Waals surface area contributed by atoms with E-state index in [-0.39, 0.29) is 5.41 Å². The molecule has 0 saturated carbocycles. The van der Waals surface area contributed by atoms with Crippen LogP contribution in [0.3, 0.4) is 0 Å². The summed E-state index contributed by atoms with van der Waals surface area (Å²) in [5.41, 5.74) is 1.50. The summed E-state index contributed by atoms with van der Waals surface area (Å²) in [4.78, 5) is 0. The molecule has 0 aromatic heterocycles. The zero-order valence-electron chi connectivity index (χ0n) is 7.60. The Morgan fingerprint density at radius 3 is 2.42 bits per heavy atom. The Morgan fingerprint density at radius 1 is 1.25 bits per heavy atom. The van der Waals surface area contributed by atoms with E-state index >= 15 is 0 Å². The minimum Gasteiger partial charge on any atom is -0.428 e. The Labute approximate surface area is 87.8 Å². The van der Waals surface area contributed by atoms with E-state index in [2.05, 4.69) is 32.9 Å². The van der Waals surface area contributed by atoms with Crippen molar-refractivity contribution in [2.45, 2.75) is 26.2 Å². The average Bonchev–Trinajstić information content (AvgIpc) is 2.03. The highest BCUT2D eigenvalue weighted by atomic mass is 127. The van der Waals surface area contributed by atoms with Gasteiger partial charge in [-0.3, -0.25) is 0 Å². The lowest BCUT2D eigenvalue weighted by molar-refractivity contribution is 0.585. The molecule has 0 N–H and O–H groups in total. The molecule has 0 amide bonds. The molecule has 1 aromatic rings. The predicted molar refractivity (Wildman–Crippen MR) is 59.8 cm³/mol. The molecule has 66 valence electrons. The quantitative estimate of drug-likeness (QED) is 0.710. The van der Waals surface area contributed by atoms with Crippen LogP contribution < -0.4 is 3.07 Å². The standard InChI is InChI=1S/C10H13IO/c1-10(2,3)8-5-4-6-9(7-8)12-11/h4-7H,1-3H3. The van der Waals surface area contributed by atoms with Crippen molar-refractivity contribution in [1.29, 1.82) is 0 Å². The maximum Gasteiger partial charge on any atom is 0.192 e. The minimum atomic E-state index is 0.200. The van der Waals surface area contributed by atoms with Crippen molar-refractivity contribution >= 4 is 23.0 Å². The second-order valence-electron chi connectivity index (χ2n) is 3.85. The maximum atomic E-state index is 5.12. The van der Waals surface area contributed by atoms with Gasteiger partial charge >= 0.3 is 0 Å². The van der Waals surface area contributed by atoms with Gasteiger partial charge in [-0.2, -0.15) is 0 Å². The molecule has 0 spiro atoms. The lowest BCUT2D eigenvalue weighted by Gasteiger charge is -2.18. The van der Waals surface area contributed by atoms with Gasteiger partial charge in [-0.1, -0.05) is 32.9 Å². The normalized spacial score (nSPS) is 11.3. The molecule has 0 fully saturated rings. The first kappa shape index (κ1) is 9.84. The number of halogens is 1. The van der Waals surface area contributed by atoms with Gasteiger partial charge in [0.1, 0.15) is 5.75 Å². The summed E-state index contributed by atoms with van der Waals surface area (Å²) in [6.45, 7) is 6.58. The molecule has 1 aromatic carbocycles. The highest BCUT2D eigenvalue weighted by Gasteiger charge is 2.13. The molecule has 0 atom stereocenters. The maximum absolute atomic E-state index is 5.12. The zero-order valence-corrected chi connectivity index (χ0v) is 9.75. The summed E-state index contributed by atoms with van der Waals surface area (Å²) in [6, 6.07) is 8.18. The van der Waals surface area contributed by atoms with E-state index in [0.717, 1.165) is 5.75 Å². The smallest absolute Gasteiger partial charge is 0.192 e. The van der Waals surface area contributed by atoms with Crippen LogP contribution in [0.5, 0.6) is 5.75 Å². The molecule has 1 rings (SSSR count). The van der Waals surface area contributed by atoms with Gasteiger partial charge in [-0.25, -0.2) is 0 Å². The van der Waals surface area contributed by atoms with E-state index in [4.69, 9.17) is 3.07 Å². The van der Waals surface area contributed by atoms with Crippen LogP contribution in [0.25, 0.3) is 0 Å². The first-order valence-electron chi connectivity index (χ1n) is 3.93. The zero-order chi connectivity index (χ0) is 9.19. The van der Waals surface area contributed by atoms with Crippen molar-refractivity contribution < 1.29 is 3.07 Å². The molecular weight excluding hydrogens is 263 g/mol. The number of hydrogen-bond donors (Lipinski definition) is 0. The highest BCUT2D eigenvalue weighted by Crippen LogP contribution is 2.26. The third kappa shape index (κ3) is 2.37. The number of hydrogen-bond acceptors (Lipinski definition) is 1. The molecule has 0 radical (unpaired) electrons. The third-order valence-electron chi connectivity index (χ3n) is 1.79. The van der Waals surface area contributed by atoms with E-state index in [1.165, 1.54) is 5.56 Å². The Morgan fingerprint density at radius 2 is 1.92 bits per heavy atom. The molecule has 0 aliphatic heterocycles. The summed E-state index contributed by atoms with van der Waals surface area (Å²) in [5, 5.41) is 0. The van der Waals surface area contributed by atoms with Crippen molar-refractivity contribution in [3.05, 3.63) is 29.8 Å². The summed E-state index contributed by atoms with van der Waals surface area (Å²) in [5.74, 6) is 0.919. The van der Waals surface area contributed by atoms with Crippen LogP contribution in [-0.2, 0) is 5.41 Å². The molecule has 0 bridgehead atoms. The summed E-state index contributed by atoms with van der Waals surface area (Å²) in [6.07, 6.45) is 0. The second-order valence-corrected chi connectivity index (χ2v) is 4.30. The highest BCUT2D eigenvalue weighted by molar-refractivity contribution is 14.1. The van der Waals surface area contributed by atoms with Gasteiger partial charge in [-0.05, 0) is 23.1 Å². The summed E-state index contributed by atoms with van der Waals surface area (Å²) < 4.78 is 5.12. The van der Waals surface area contributed by atoms with E-state index in [1.54, 1.807) is 0 Å². The van der Waals surface area contributed by atoms with Gasteiger partial charge in [0.2, 0.25) is 0 Å². The van der Waals surface area contributed by atoms with Gasteiger partial charge in [0.05, 0.1) is 0 Å². The van der Waals surface area contributed by atoms with E-state index < -0.39 is 0 Å². The van der Waals surface area contributed by atoms with Crippen LogP contribution in [0.15, 0.2) is 24.3 Å². The van der Waals surface area contributed by atoms with Crippen LogP contribution >= 0.6 is 23.0 Å². The third-order valence-corrected chi connectivity index (χ3v) is 2.30. The average molecular weight is 276 g/mol. The fraction of sp³-hybridized carbons (Fsp3) is 0.400. The molecule has 0 aliphatic rings. The molecule has 2 heteroatoms. The van der Waals surface area contributed by atoms with Crippen molar-refractivity contribution in [3.63, 3.8) is 0 Å².